The summed E-state index contributed by atoms with van der Waals surface area (Å²) >= 11 is 0. The van der Waals surface area contributed by atoms with Crippen molar-refractivity contribution in [3.63, 3.8) is 0 Å². The molecule has 0 saturated carbocycles. The maximum absolute atomic E-state index is 5.95. The molecule has 0 aliphatic heterocycles. The summed E-state index contributed by atoms with van der Waals surface area (Å²) < 4.78 is 5.11. The van der Waals surface area contributed by atoms with E-state index in [1.165, 1.54) is 7.11 Å². The predicted molar refractivity (Wildman–Crippen MR) is 69.8 cm³/mol. The van der Waals surface area contributed by atoms with Gasteiger partial charge < -0.3 is 16.2 Å². The van der Waals surface area contributed by atoms with Gasteiger partial charge >= 0.3 is 0 Å². The molecule has 2 rings (SSSR count). The number of nitrogens with two attached hydrogens (primary N) is 2. The lowest BCUT2D eigenvalue weighted by atomic mass is 10.0. The van der Waals surface area contributed by atoms with Crippen molar-refractivity contribution < 1.29 is 4.74 Å². The van der Waals surface area contributed by atoms with Crippen LogP contribution < -0.4 is 16.2 Å². The molecule has 0 fully saturated rings. The van der Waals surface area contributed by atoms with Gasteiger partial charge in [0.05, 0.1) is 24.2 Å². The molecule has 0 atom stereocenters. The SMILES string of the molecule is COc1nc(-c2ccccc2C)c(N)cc1N. The van der Waals surface area contributed by atoms with E-state index in [1.807, 2.05) is 31.2 Å². The third-order valence-electron chi connectivity index (χ3n) is 2.64. The van der Waals surface area contributed by atoms with Gasteiger partial charge in [-0.2, -0.15) is 0 Å². The molecule has 0 unspecified atom stereocenters. The van der Waals surface area contributed by atoms with Gasteiger partial charge in [-0.25, -0.2) is 4.98 Å². The van der Waals surface area contributed by atoms with Gasteiger partial charge in [-0.05, 0) is 18.6 Å². The molecule has 4 N–H and O–H groups in total. The van der Waals surface area contributed by atoms with Gasteiger partial charge in [-0.15, -0.1) is 0 Å². The fourth-order valence-electron chi connectivity index (χ4n) is 1.75. The summed E-state index contributed by atoms with van der Waals surface area (Å²) in [6.45, 7) is 2.01. The predicted octanol–water partition coefficient (Wildman–Crippen LogP) is 2.23. The normalized spacial score (nSPS) is 10.2. The molecule has 88 valence electrons. The second kappa shape index (κ2) is 4.33. The molecule has 1 heterocycles. The van der Waals surface area contributed by atoms with Gasteiger partial charge in [0.2, 0.25) is 5.88 Å². The molecule has 0 radical (unpaired) electrons. The molecule has 17 heavy (non-hydrogen) atoms. The van der Waals surface area contributed by atoms with E-state index in [4.69, 9.17) is 16.2 Å². The summed E-state index contributed by atoms with van der Waals surface area (Å²) in [5, 5.41) is 0. The van der Waals surface area contributed by atoms with Crippen LogP contribution in [-0.2, 0) is 0 Å². The van der Waals surface area contributed by atoms with Crippen molar-refractivity contribution in [3.8, 4) is 17.1 Å². The van der Waals surface area contributed by atoms with Crippen molar-refractivity contribution in [2.24, 2.45) is 0 Å². The fourth-order valence-corrected chi connectivity index (χ4v) is 1.75. The van der Waals surface area contributed by atoms with Crippen molar-refractivity contribution in [2.45, 2.75) is 6.92 Å². The molecule has 4 heteroatoms. The number of anilines is 2. The Hall–Kier alpha value is -2.23. The topological polar surface area (TPSA) is 74.2 Å². The number of aromatic nitrogens is 1. The molecule has 4 nitrogen and oxygen atoms in total. The molecule has 0 bridgehead atoms. The van der Waals surface area contributed by atoms with Crippen LogP contribution in [0.5, 0.6) is 5.88 Å². The van der Waals surface area contributed by atoms with Crippen LogP contribution in [0.1, 0.15) is 5.56 Å². The number of aryl methyl sites for hydroxylation is 1. The lowest BCUT2D eigenvalue weighted by Crippen LogP contribution is -2.01. The lowest BCUT2D eigenvalue weighted by Gasteiger charge is -2.11. The average molecular weight is 229 g/mol. The van der Waals surface area contributed by atoms with Crippen molar-refractivity contribution >= 4 is 11.4 Å². The van der Waals surface area contributed by atoms with Crippen LogP contribution >= 0.6 is 0 Å². The van der Waals surface area contributed by atoms with E-state index in [-0.39, 0.29) is 0 Å². The van der Waals surface area contributed by atoms with E-state index in [2.05, 4.69) is 4.98 Å². The molecule has 0 aliphatic carbocycles. The Morgan fingerprint density at radius 3 is 2.47 bits per heavy atom. The van der Waals surface area contributed by atoms with Gasteiger partial charge in [0.1, 0.15) is 0 Å². The minimum absolute atomic E-state index is 0.400. The molecule has 1 aromatic carbocycles. The lowest BCUT2D eigenvalue weighted by molar-refractivity contribution is 0.401. The van der Waals surface area contributed by atoms with Crippen LogP contribution in [0.2, 0.25) is 0 Å². The second-order valence-corrected chi connectivity index (χ2v) is 3.84. The largest absolute Gasteiger partial charge is 0.480 e. The number of hydrogen-bond donors (Lipinski definition) is 2. The maximum Gasteiger partial charge on any atom is 0.237 e. The van der Waals surface area contributed by atoms with Gasteiger partial charge in [-0.1, -0.05) is 24.3 Å². The van der Waals surface area contributed by atoms with Crippen LogP contribution in [0.3, 0.4) is 0 Å². The van der Waals surface area contributed by atoms with Crippen molar-refractivity contribution in [2.75, 3.05) is 18.6 Å². The molecule has 0 spiro atoms. The van der Waals surface area contributed by atoms with Gasteiger partial charge in [0.25, 0.3) is 0 Å². The third kappa shape index (κ3) is 2.01. The highest BCUT2D eigenvalue weighted by atomic mass is 16.5. The smallest absolute Gasteiger partial charge is 0.237 e. The van der Waals surface area contributed by atoms with E-state index in [9.17, 15) is 0 Å². The van der Waals surface area contributed by atoms with Crippen LogP contribution in [0, 0.1) is 6.92 Å². The molecule has 0 amide bonds. The summed E-state index contributed by atoms with van der Waals surface area (Å²) in [7, 11) is 1.54. The highest BCUT2D eigenvalue weighted by molar-refractivity contribution is 5.78. The first-order valence-electron chi connectivity index (χ1n) is 5.29. The Morgan fingerprint density at radius 2 is 1.82 bits per heavy atom. The Morgan fingerprint density at radius 1 is 1.12 bits per heavy atom. The molecule has 1 aromatic heterocycles. The number of pyridine rings is 1. The number of benzene rings is 1. The summed E-state index contributed by atoms with van der Waals surface area (Å²) in [6.07, 6.45) is 0. The number of methoxy groups -OCH3 is 1. The van der Waals surface area contributed by atoms with Crippen LogP contribution in [0.15, 0.2) is 30.3 Å². The Labute approximate surface area is 100 Å². The Bertz CT molecular complexity index is 552. The highest BCUT2D eigenvalue weighted by Crippen LogP contribution is 2.32. The van der Waals surface area contributed by atoms with Crippen molar-refractivity contribution in [1.82, 2.24) is 4.98 Å². The van der Waals surface area contributed by atoms with E-state index in [0.717, 1.165) is 11.1 Å². The molecular formula is C13H15N3O. The van der Waals surface area contributed by atoms with Crippen LogP contribution in [-0.4, -0.2) is 12.1 Å². The molecule has 2 aromatic rings. The van der Waals surface area contributed by atoms with Gasteiger partial charge in [0, 0.05) is 5.56 Å². The van der Waals surface area contributed by atoms with Crippen LogP contribution in [0.25, 0.3) is 11.3 Å². The number of ether oxygens (including phenoxy) is 1. The number of nitrogens with zero attached hydrogens (tertiary/aromatic N) is 1. The van der Waals surface area contributed by atoms with E-state index >= 15 is 0 Å². The quantitative estimate of drug-likeness (QED) is 0.828. The van der Waals surface area contributed by atoms with Gasteiger partial charge in [0.15, 0.2) is 0 Å². The van der Waals surface area contributed by atoms with E-state index in [1.54, 1.807) is 6.07 Å². The van der Waals surface area contributed by atoms with Crippen LogP contribution in [0.4, 0.5) is 11.4 Å². The minimum Gasteiger partial charge on any atom is -0.480 e. The first kappa shape index (κ1) is 11.3. The summed E-state index contributed by atoms with van der Waals surface area (Å²) in [5.74, 6) is 0.400. The number of nitrogen functional groups attached to an aromatic ring is 2. The first-order valence-corrected chi connectivity index (χ1v) is 5.29. The second-order valence-electron chi connectivity index (χ2n) is 3.84. The maximum atomic E-state index is 5.95. The van der Waals surface area contributed by atoms with E-state index in [0.29, 0.717) is 22.9 Å². The minimum atomic E-state index is 0.400. The first-order chi connectivity index (χ1) is 8.13. The summed E-state index contributed by atoms with van der Waals surface area (Å²) in [4.78, 5) is 4.35. The summed E-state index contributed by atoms with van der Waals surface area (Å²) in [6, 6.07) is 9.59. The third-order valence-corrected chi connectivity index (χ3v) is 2.64. The zero-order valence-corrected chi connectivity index (χ0v) is 9.90. The fraction of sp³-hybridized carbons (Fsp3) is 0.154. The van der Waals surface area contributed by atoms with Crippen molar-refractivity contribution in [3.05, 3.63) is 35.9 Å². The van der Waals surface area contributed by atoms with Gasteiger partial charge in [-0.3, -0.25) is 0 Å². The monoisotopic (exact) mass is 229 g/mol. The number of hydrogen-bond acceptors (Lipinski definition) is 4. The average Bonchev–Trinajstić information content (AvgIpc) is 2.31. The number of rotatable bonds is 2. The standard InChI is InChI=1S/C13H15N3O/c1-8-5-3-4-6-9(8)12-10(14)7-11(15)13(16-12)17-2/h3-7H,14-15H2,1-2H3. The highest BCUT2D eigenvalue weighted by Gasteiger charge is 2.11. The van der Waals surface area contributed by atoms with E-state index < -0.39 is 0 Å². The van der Waals surface area contributed by atoms with Crippen molar-refractivity contribution in [1.29, 1.82) is 0 Å². The molecule has 0 saturated heterocycles. The Balaban J connectivity index is 2.64. The molecular weight excluding hydrogens is 214 g/mol. The zero-order chi connectivity index (χ0) is 12.4. The molecule has 0 aliphatic rings. The zero-order valence-electron chi connectivity index (χ0n) is 9.90. The summed E-state index contributed by atoms with van der Waals surface area (Å²) in [5.41, 5.74) is 15.5. The Kier molecular flexibility index (Phi) is 2.87.